The van der Waals surface area contributed by atoms with Gasteiger partial charge in [0.2, 0.25) is 0 Å². The fourth-order valence-electron chi connectivity index (χ4n) is 2.25. The van der Waals surface area contributed by atoms with Crippen molar-refractivity contribution in [1.29, 1.82) is 0 Å². The van der Waals surface area contributed by atoms with Crippen molar-refractivity contribution in [3.8, 4) is 0 Å². The lowest BCUT2D eigenvalue weighted by molar-refractivity contribution is -0.0355. The Morgan fingerprint density at radius 2 is 2.32 bits per heavy atom. The molecule has 22 heavy (non-hydrogen) atoms. The molecule has 0 radical (unpaired) electrons. The number of aromatic nitrogens is 2. The molecular weight excluding hydrogens is 291 g/mol. The minimum atomic E-state index is -1.29. The van der Waals surface area contributed by atoms with Gasteiger partial charge < -0.3 is 14.7 Å². The van der Waals surface area contributed by atoms with E-state index >= 15 is 0 Å². The molecule has 0 aromatic carbocycles. The highest BCUT2D eigenvalue weighted by Gasteiger charge is 2.36. The number of aliphatic hydroxyl groups is 1. The second kappa shape index (κ2) is 7.46. The van der Waals surface area contributed by atoms with Crippen LogP contribution in [0.4, 0.5) is 10.2 Å². The smallest absolute Gasteiger partial charge is 0.351 e. The van der Waals surface area contributed by atoms with E-state index in [1.54, 1.807) is 12.4 Å². The van der Waals surface area contributed by atoms with Gasteiger partial charge >= 0.3 is 5.69 Å². The van der Waals surface area contributed by atoms with Crippen molar-refractivity contribution in [2.75, 3.05) is 19.7 Å². The third kappa shape index (κ3) is 3.69. The zero-order valence-electron chi connectivity index (χ0n) is 12.7. The number of halogens is 1. The molecule has 0 saturated carbocycles. The molecule has 1 saturated heterocycles. The summed E-state index contributed by atoms with van der Waals surface area (Å²) in [5.74, 6) is 0.293. The summed E-state index contributed by atoms with van der Waals surface area (Å²) in [6.45, 7) is 5.22. The monoisotopic (exact) mass is 312 g/mol. The molecule has 7 nitrogen and oxygen atoms in total. The van der Waals surface area contributed by atoms with E-state index in [-0.39, 0.29) is 6.42 Å². The Morgan fingerprint density at radius 3 is 2.86 bits per heavy atom. The summed E-state index contributed by atoms with van der Waals surface area (Å²) in [4.78, 5) is 22.0. The van der Waals surface area contributed by atoms with Crippen molar-refractivity contribution in [1.82, 2.24) is 14.5 Å². The maximum absolute atomic E-state index is 13.6. The van der Waals surface area contributed by atoms with Crippen LogP contribution < -0.4 is 5.69 Å². The van der Waals surface area contributed by atoms with E-state index in [1.807, 2.05) is 18.7 Å². The molecule has 3 unspecified atom stereocenters. The number of aliphatic imine (C=N–C) groups is 1. The van der Waals surface area contributed by atoms with Gasteiger partial charge in [0.15, 0.2) is 5.82 Å². The highest BCUT2D eigenvalue weighted by Crippen LogP contribution is 2.29. The fraction of sp³-hybridized carbons (Fsp3) is 0.643. The van der Waals surface area contributed by atoms with Crippen LogP contribution in [-0.2, 0) is 4.74 Å². The third-order valence-corrected chi connectivity index (χ3v) is 3.63. The summed E-state index contributed by atoms with van der Waals surface area (Å²) >= 11 is 0. The zero-order valence-corrected chi connectivity index (χ0v) is 12.7. The largest absolute Gasteiger partial charge is 0.394 e. The van der Waals surface area contributed by atoms with E-state index in [2.05, 4.69) is 9.98 Å². The lowest BCUT2D eigenvalue weighted by Gasteiger charge is -2.14. The molecule has 2 heterocycles. The Labute approximate surface area is 128 Å². The summed E-state index contributed by atoms with van der Waals surface area (Å²) in [5.41, 5.74) is -0.551. The molecule has 0 aliphatic carbocycles. The molecular formula is C14H21FN4O3. The summed E-state index contributed by atoms with van der Waals surface area (Å²) in [5, 5.41) is 8.99. The normalized spacial score (nSPS) is 25.0. The predicted molar refractivity (Wildman–Crippen MR) is 80.1 cm³/mol. The van der Waals surface area contributed by atoms with Crippen LogP contribution in [-0.4, -0.2) is 57.9 Å². The molecule has 2 rings (SSSR count). The lowest BCUT2D eigenvalue weighted by atomic mass is 10.2. The molecule has 1 aromatic heterocycles. The first-order valence-electron chi connectivity index (χ1n) is 7.36. The van der Waals surface area contributed by atoms with Crippen LogP contribution >= 0.6 is 0 Å². The van der Waals surface area contributed by atoms with Gasteiger partial charge in [-0.2, -0.15) is 4.98 Å². The maximum atomic E-state index is 13.6. The SMILES string of the molecule is CCN(C=Nc1ccn(C2CC(F)C(CO)O2)c(=O)n1)CC. The van der Waals surface area contributed by atoms with Gasteiger partial charge in [-0.1, -0.05) is 0 Å². The van der Waals surface area contributed by atoms with E-state index in [0.29, 0.717) is 5.82 Å². The van der Waals surface area contributed by atoms with E-state index in [4.69, 9.17) is 9.84 Å². The summed E-state index contributed by atoms with van der Waals surface area (Å²) in [7, 11) is 0. The van der Waals surface area contributed by atoms with Gasteiger partial charge in [-0.15, -0.1) is 0 Å². The van der Waals surface area contributed by atoms with Crippen LogP contribution in [0.1, 0.15) is 26.5 Å². The highest BCUT2D eigenvalue weighted by molar-refractivity contribution is 5.59. The molecule has 8 heteroatoms. The Bertz CT molecular complexity index is 573. The van der Waals surface area contributed by atoms with Crippen molar-refractivity contribution < 1.29 is 14.2 Å². The fourth-order valence-corrected chi connectivity index (χ4v) is 2.25. The van der Waals surface area contributed by atoms with Crippen LogP contribution in [0.5, 0.6) is 0 Å². The van der Waals surface area contributed by atoms with E-state index in [0.717, 1.165) is 13.1 Å². The van der Waals surface area contributed by atoms with Crippen LogP contribution in [0.2, 0.25) is 0 Å². The van der Waals surface area contributed by atoms with Gasteiger partial charge in [0.05, 0.1) is 12.9 Å². The average molecular weight is 312 g/mol. The Hall–Kier alpha value is -1.80. The van der Waals surface area contributed by atoms with Crippen LogP contribution in [0.15, 0.2) is 22.1 Å². The number of alkyl halides is 1. The standard InChI is InChI=1S/C14H21FN4O3/c1-3-18(4-2)9-16-12-5-6-19(14(21)17-12)13-7-10(15)11(8-20)22-13/h5-6,9-11,13,20H,3-4,7-8H2,1-2H3. The molecule has 0 bridgehead atoms. The maximum Gasteiger partial charge on any atom is 0.351 e. The minimum Gasteiger partial charge on any atom is -0.394 e. The Balaban J connectivity index is 2.12. The van der Waals surface area contributed by atoms with Gasteiger partial charge in [-0.25, -0.2) is 14.2 Å². The van der Waals surface area contributed by atoms with Crippen molar-refractivity contribution in [3.63, 3.8) is 0 Å². The minimum absolute atomic E-state index is 0.0227. The number of nitrogens with zero attached hydrogens (tertiary/aromatic N) is 4. The average Bonchev–Trinajstić information content (AvgIpc) is 2.89. The zero-order chi connectivity index (χ0) is 16.1. The van der Waals surface area contributed by atoms with Crippen molar-refractivity contribution >= 4 is 12.2 Å². The molecule has 1 aliphatic heterocycles. The van der Waals surface area contributed by atoms with Crippen molar-refractivity contribution in [2.24, 2.45) is 4.99 Å². The second-order valence-corrected chi connectivity index (χ2v) is 5.00. The lowest BCUT2D eigenvalue weighted by Crippen LogP contribution is -2.27. The molecule has 1 aromatic rings. The second-order valence-electron chi connectivity index (χ2n) is 5.00. The quantitative estimate of drug-likeness (QED) is 0.622. The van der Waals surface area contributed by atoms with Crippen LogP contribution in [0.3, 0.4) is 0 Å². The van der Waals surface area contributed by atoms with Gasteiger partial charge in [0.1, 0.15) is 18.5 Å². The number of rotatable bonds is 6. The van der Waals surface area contributed by atoms with Gasteiger partial charge in [-0.3, -0.25) is 4.57 Å². The number of aliphatic hydroxyl groups excluding tert-OH is 1. The molecule has 122 valence electrons. The molecule has 0 spiro atoms. The Kier molecular flexibility index (Phi) is 5.62. The molecule has 1 aliphatic rings. The van der Waals surface area contributed by atoms with Gasteiger partial charge in [-0.05, 0) is 19.9 Å². The van der Waals surface area contributed by atoms with Gasteiger partial charge in [0, 0.05) is 25.7 Å². The molecule has 1 fully saturated rings. The summed E-state index contributed by atoms with van der Waals surface area (Å²) in [6.07, 6.45) is 0.223. The van der Waals surface area contributed by atoms with Crippen molar-refractivity contribution in [2.45, 2.75) is 38.8 Å². The molecule has 0 amide bonds. The number of hydrogen-bond acceptors (Lipinski definition) is 5. The summed E-state index contributed by atoms with van der Waals surface area (Å²) in [6, 6.07) is 1.57. The molecule has 3 atom stereocenters. The number of hydrogen-bond donors (Lipinski definition) is 1. The molecule has 1 N–H and O–H groups in total. The third-order valence-electron chi connectivity index (χ3n) is 3.63. The first kappa shape index (κ1) is 16.6. The first-order chi connectivity index (χ1) is 10.6. The van der Waals surface area contributed by atoms with Crippen molar-refractivity contribution in [3.05, 3.63) is 22.7 Å². The van der Waals surface area contributed by atoms with E-state index < -0.39 is 30.8 Å². The van der Waals surface area contributed by atoms with Crippen LogP contribution in [0.25, 0.3) is 0 Å². The topological polar surface area (TPSA) is 80.0 Å². The Morgan fingerprint density at radius 1 is 1.59 bits per heavy atom. The number of ether oxygens (including phenoxy) is 1. The summed E-state index contributed by atoms with van der Waals surface area (Å²) < 4.78 is 20.1. The van der Waals surface area contributed by atoms with Gasteiger partial charge in [0.25, 0.3) is 0 Å². The first-order valence-corrected chi connectivity index (χ1v) is 7.36. The highest BCUT2D eigenvalue weighted by atomic mass is 19.1. The van der Waals surface area contributed by atoms with Crippen LogP contribution in [0, 0.1) is 0 Å². The predicted octanol–water partition coefficient (Wildman–Crippen LogP) is 0.863. The van der Waals surface area contributed by atoms with E-state index in [9.17, 15) is 9.18 Å². The van der Waals surface area contributed by atoms with E-state index in [1.165, 1.54) is 10.8 Å².